The molecule has 184 valence electrons. The van der Waals surface area contributed by atoms with Crippen LogP contribution in [0.2, 0.25) is 0 Å². The quantitative estimate of drug-likeness (QED) is 0.634. The van der Waals surface area contributed by atoms with Gasteiger partial charge in [0.2, 0.25) is 5.91 Å². The summed E-state index contributed by atoms with van der Waals surface area (Å²) in [6, 6.07) is 6.60. The van der Waals surface area contributed by atoms with Crippen molar-refractivity contribution in [3.8, 4) is 0 Å². The van der Waals surface area contributed by atoms with Crippen molar-refractivity contribution in [3.05, 3.63) is 35.4 Å². The highest BCUT2D eigenvalue weighted by Gasteiger charge is 2.38. The van der Waals surface area contributed by atoms with Crippen LogP contribution in [0.25, 0.3) is 5.57 Å². The molecule has 0 aromatic heterocycles. The number of likely N-dealkylation sites (N-methyl/N-ethyl adjacent to an activating group) is 1. The van der Waals surface area contributed by atoms with Gasteiger partial charge in [0.05, 0.1) is 6.54 Å². The van der Waals surface area contributed by atoms with Gasteiger partial charge in [0, 0.05) is 24.3 Å². The molecule has 6 nitrogen and oxygen atoms in total. The molecule has 3 rings (SSSR count). The zero-order chi connectivity index (χ0) is 24.6. The normalized spacial score (nSPS) is 17.6. The van der Waals surface area contributed by atoms with E-state index in [4.69, 9.17) is 15.6 Å². The molecule has 1 aromatic rings. The van der Waals surface area contributed by atoms with Crippen LogP contribution in [0.15, 0.2) is 24.3 Å². The van der Waals surface area contributed by atoms with Crippen molar-refractivity contribution in [3.63, 3.8) is 0 Å². The Morgan fingerprint density at radius 2 is 1.79 bits per heavy atom. The van der Waals surface area contributed by atoms with Crippen LogP contribution in [0.3, 0.4) is 0 Å². The molecule has 0 unspecified atom stereocenters. The fourth-order valence-electron chi connectivity index (χ4n) is 4.20. The van der Waals surface area contributed by atoms with E-state index in [9.17, 15) is 18.0 Å². The Balaban J connectivity index is 0.000000479. The van der Waals surface area contributed by atoms with E-state index in [0.717, 1.165) is 38.0 Å². The second kappa shape index (κ2) is 12.1. The lowest BCUT2D eigenvalue weighted by molar-refractivity contribution is -0.192. The molecule has 3 N–H and O–H groups in total. The number of amides is 1. The van der Waals surface area contributed by atoms with Gasteiger partial charge in [0.25, 0.3) is 0 Å². The van der Waals surface area contributed by atoms with Crippen molar-refractivity contribution in [1.29, 1.82) is 0 Å². The van der Waals surface area contributed by atoms with Crippen LogP contribution in [0.1, 0.15) is 62.0 Å². The number of anilines is 1. The molecule has 2 aliphatic rings. The number of benzene rings is 1. The lowest BCUT2D eigenvalue weighted by Crippen LogP contribution is -2.42. The third-order valence-electron chi connectivity index (χ3n) is 5.98. The zero-order valence-electron chi connectivity index (χ0n) is 19.3. The molecule has 9 heteroatoms. The number of rotatable bonds is 4. The van der Waals surface area contributed by atoms with Crippen LogP contribution in [-0.2, 0) is 9.59 Å². The number of piperidine rings is 1. The molecule has 0 radical (unpaired) electrons. The number of hydrogen-bond acceptors (Lipinski definition) is 4. The van der Waals surface area contributed by atoms with Crippen LogP contribution >= 0.6 is 0 Å². The van der Waals surface area contributed by atoms with E-state index >= 15 is 0 Å². The van der Waals surface area contributed by atoms with Crippen LogP contribution < -0.4 is 5.73 Å². The van der Waals surface area contributed by atoms with Crippen molar-refractivity contribution >= 4 is 23.1 Å². The summed E-state index contributed by atoms with van der Waals surface area (Å²) in [6.45, 7) is 2.23. The molecule has 1 amide bonds. The summed E-state index contributed by atoms with van der Waals surface area (Å²) in [7, 11) is 3.89. The maximum atomic E-state index is 12.2. The molecule has 0 spiro atoms. The molecule has 0 atom stereocenters. The summed E-state index contributed by atoms with van der Waals surface area (Å²) in [5.41, 5.74) is 11.3. The minimum atomic E-state index is -5.08. The number of alkyl halides is 3. The maximum Gasteiger partial charge on any atom is 0.490 e. The highest BCUT2D eigenvalue weighted by Crippen LogP contribution is 2.35. The number of carbonyl (C=O) groups excluding carboxylic acids is 1. The number of likely N-dealkylation sites (tertiary alicyclic amines) is 1. The minimum Gasteiger partial charge on any atom is -0.475 e. The van der Waals surface area contributed by atoms with E-state index in [0.29, 0.717) is 12.5 Å². The van der Waals surface area contributed by atoms with Gasteiger partial charge in [-0.3, -0.25) is 4.79 Å². The van der Waals surface area contributed by atoms with Gasteiger partial charge in [-0.25, -0.2) is 4.79 Å². The summed E-state index contributed by atoms with van der Waals surface area (Å²) in [5, 5.41) is 7.12. The standard InChI is InChI=1S/C22H33N3O.C2HF3O2/c1-24(2)16-22(26)25-13-11-17(12-14-25)19-9-10-21(23)20(15-19)18-7-5-3-4-6-8-18;3-2(4,5)1(6)7/h7,9-10,15,17H,3-6,8,11-14,16,23H2,1-2H3;(H,6,7). The Hall–Kier alpha value is -2.55. The predicted molar refractivity (Wildman–Crippen MR) is 123 cm³/mol. The molecule has 1 aliphatic heterocycles. The largest absolute Gasteiger partial charge is 0.490 e. The number of halogens is 3. The summed E-state index contributed by atoms with van der Waals surface area (Å²) in [5.74, 6) is -1.98. The van der Waals surface area contributed by atoms with E-state index in [1.165, 1.54) is 42.4 Å². The number of allylic oxidation sites excluding steroid dienone is 2. The van der Waals surface area contributed by atoms with E-state index in [1.54, 1.807) is 0 Å². The highest BCUT2D eigenvalue weighted by atomic mass is 19.4. The van der Waals surface area contributed by atoms with Crippen LogP contribution in [0.4, 0.5) is 18.9 Å². The second-order valence-corrected chi connectivity index (χ2v) is 8.87. The number of carbonyl (C=O) groups is 2. The Morgan fingerprint density at radius 1 is 1.15 bits per heavy atom. The number of hydrogen-bond donors (Lipinski definition) is 2. The molecular formula is C24H34F3N3O3. The van der Waals surface area contributed by atoms with Gasteiger partial charge in [-0.05, 0) is 81.8 Å². The zero-order valence-corrected chi connectivity index (χ0v) is 19.3. The molecular weight excluding hydrogens is 435 g/mol. The molecule has 1 saturated heterocycles. The fraction of sp³-hybridized carbons (Fsp3) is 0.583. The second-order valence-electron chi connectivity index (χ2n) is 8.87. The molecule has 1 aliphatic carbocycles. The summed E-state index contributed by atoms with van der Waals surface area (Å²) in [4.78, 5) is 25.1. The summed E-state index contributed by atoms with van der Waals surface area (Å²) in [6.07, 6.45) is 5.59. The van der Waals surface area contributed by atoms with Gasteiger partial charge in [-0.1, -0.05) is 18.6 Å². The number of nitrogen functional groups attached to an aromatic ring is 1. The molecule has 0 saturated carbocycles. The lowest BCUT2D eigenvalue weighted by atomic mass is 9.86. The van der Waals surface area contributed by atoms with Crippen LogP contribution in [0, 0.1) is 0 Å². The maximum absolute atomic E-state index is 12.2. The lowest BCUT2D eigenvalue weighted by Gasteiger charge is -2.33. The van der Waals surface area contributed by atoms with E-state index in [2.05, 4.69) is 24.3 Å². The Kier molecular flexibility index (Phi) is 9.76. The number of aliphatic carboxylic acids is 1. The van der Waals surface area contributed by atoms with E-state index in [1.807, 2.05) is 23.9 Å². The average molecular weight is 470 g/mol. The molecule has 1 heterocycles. The first-order valence-corrected chi connectivity index (χ1v) is 11.3. The number of carboxylic acid groups (broad SMARTS) is 1. The van der Waals surface area contributed by atoms with Crippen molar-refractivity contribution in [2.45, 2.75) is 57.0 Å². The van der Waals surface area contributed by atoms with Gasteiger partial charge in [0.15, 0.2) is 0 Å². The Morgan fingerprint density at radius 3 is 2.36 bits per heavy atom. The van der Waals surface area contributed by atoms with Gasteiger partial charge < -0.3 is 20.6 Å². The van der Waals surface area contributed by atoms with Crippen molar-refractivity contribution < 1.29 is 27.9 Å². The first kappa shape index (κ1) is 26.7. The predicted octanol–water partition coefficient (Wildman–Crippen LogP) is 4.52. The minimum absolute atomic E-state index is 0.245. The van der Waals surface area contributed by atoms with Crippen molar-refractivity contribution in [2.75, 3.05) is 39.5 Å². The third-order valence-corrected chi connectivity index (χ3v) is 5.98. The highest BCUT2D eigenvalue weighted by molar-refractivity contribution is 5.78. The number of carboxylic acids is 1. The average Bonchev–Trinajstić information content (AvgIpc) is 3.03. The molecule has 33 heavy (non-hydrogen) atoms. The molecule has 0 bridgehead atoms. The van der Waals surface area contributed by atoms with E-state index in [-0.39, 0.29) is 5.91 Å². The number of nitrogens with two attached hydrogens (primary N) is 1. The van der Waals surface area contributed by atoms with Gasteiger partial charge in [-0.2, -0.15) is 13.2 Å². The first-order chi connectivity index (χ1) is 15.5. The SMILES string of the molecule is CN(C)CC(=O)N1CCC(c2ccc(N)c(C3=CCCCCC3)c2)CC1.O=C(O)C(F)(F)F. The van der Waals surface area contributed by atoms with Crippen LogP contribution in [-0.4, -0.2) is 66.7 Å². The van der Waals surface area contributed by atoms with E-state index < -0.39 is 12.1 Å². The van der Waals surface area contributed by atoms with Gasteiger partial charge in [-0.15, -0.1) is 0 Å². The Labute approximate surface area is 193 Å². The van der Waals surface area contributed by atoms with Crippen LogP contribution in [0.5, 0.6) is 0 Å². The fourth-order valence-corrected chi connectivity index (χ4v) is 4.20. The topological polar surface area (TPSA) is 86.9 Å². The van der Waals surface area contributed by atoms with Gasteiger partial charge in [0.1, 0.15) is 0 Å². The summed E-state index contributed by atoms with van der Waals surface area (Å²) >= 11 is 0. The van der Waals surface area contributed by atoms with Crippen molar-refractivity contribution in [2.24, 2.45) is 0 Å². The number of nitrogens with zero attached hydrogens (tertiary/aromatic N) is 2. The smallest absolute Gasteiger partial charge is 0.475 e. The molecule has 1 fully saturated rings. The summed E-state index contributed by atoms with van der Waals surface area (Å²) < 4.78 is 31.7. The first-order valence-electron chi connectivity index (χ1n) is 11.3. The third kappa shape index (κ3) is 8.38. The Bertz CT molecular complexity index is 845. The van der Waals surface area contributed by atoms with Crippen molar-refractivity contribution in [1.82, 2.24) is 9.80 Å². The monoisotopic (exact) mass is 469 g/mol. The molecule has 1 aromatic carbocycles. The van der Waals surface area contributed by atoms with Gasteiger partial charge >= 0.3 is 12.1 Å².